The molecule has 4 aromatic rings. The highest BCUT2D eigenvalue weighted by Gasteiger charge is 2.47. The lowest BCUT2D eigenvalue weighted by molar-refractivity contribution is -0.120. The van der Waals surface area contributed by atoms with E-state index < -0.39 is 43.7 Å². The van der Waals surface area contributed by atoms with E-state index in [4.69, 9.17) is 21.7 Å². The number of rotatable bonds is 8. The third-order valence-electron chi connectivity index (χ3n) is 7.03. The van der Waals surface area contributed by atoms with Crippen LogP contribution in [0, 0.1) is 10.8 Å². The van der Waals surface area contributed by atoms with Crippen molar-refractivity contribution in [3.63, 3.8) is 0 Å². The Morgan fingerprint density at radius 3 is 2.43 bits per heavy atom. The molecule has 2 aromatic carbocycles. The van der Waals surface area contributed by atoms with Crippen molar-refractivity contribution >= 4 is 29.6 Å². The molecule has 1 atom stereocenters. The van der Waals surface area contributed by atoms with Gasteiger partial charge in [0.15, 0.2) is 17.6 Å². The maximum atomic E-state index is 14.3. The van der Waals surface area contributed by atoms with Gasteiger partial charge in [0, 0.05) is 35.6 Å². The molecule has 1 aliphatic heterocycles. The van der Waals surface area contributed by atoms with E-state index in [9.17, 15) is 18.4 Å². The first-order valence-electron chi connectivity index (χ1n) is 14.3. The Labute approximate surface area is 268 Å². The molecule has 3 heterocycles. The second-order valence-corrected chi connectivity index (χ2v) is 12.4. The maximum Gasteiger partial charge on any atom is 0.410 e. The predicted octanol–water partition coefficient (Wildman–Crippen LogP) is 5.42. The van der Waals surface area contributed by atoms with E-state index in [0.717, 1.165) is 4.90 Å². The van der Waals surface area contributed by atoms with Crippen LogP contribution in [0.4, 0.5) is 13.6 Å². The topological polar surface area (TPSA) is 153 Å². The summed E-state index contributed by atoms with van der Waals surface area (Å²) in [6.07, 6.45) is 3.57. The summed E-state index contributed by atoms with van der Waals surface area (Å²) >= 11 is 6.48. The Kier molecular flexibility index (Phi) is 9.28. The van der Waals surface area contributed by atoms with Gasteiger partial charge in [0.2, 0.25) is 0 Å². The molecule has 0 spiro atoms. The van der Waals surface area contributed by atoms with E-state index in [-0.39, 0.29) is 16.9 Å². The minimum absolute atomic E-state index is 0.227. The molecule has 15 heteroatoms. The number of amides is 2. The third-order valence-corrected chi connectivity index (χ3v) is 7.36. The van der Waals surface area contributed by atoms with Crippen molar-refractivity contribution in [3.8, 4) is 22.8 Å². The second kappa shape index (κ2) is 13.2. The van der Waals surface area contributed by atoms with Crippen LogP contribution in [-0.2, 0) is 4.74 Å². The normalized spacial score (nSPS) is 14.6. The Bertz CT molecular complexity index is 1690. The number of hydrogen-bond acceptors (Lipinski definition) is 8. The summed E-state index contributed by atoms with van der Waals surface area (Å²) in [5.74, 6) is -3.01. The van der Waals surface area contributed by atoms with Gasteiger partial charge in [-0.1, -0.05) is 50.6 Å². The summed E-state index contributed by atoms with van der Waals surface area (Å²) in [4.78, 5) is 41.8. The van der Waals surface area contributed by atoms with Crippen LogP contribution in [-0.4, -0.2) is 85.1 Å². The number of carbonyl (C=O) groups is 2. The molecular weight excluding hydrogens is 620 g/mol. The number of H-pyrrole nitrogens is 1. The van der Waals surface area contributed by atoms with Gasteiger partial charge in [-0.3, -0.25) is 25.1 Å². The zero-order valence-electron chi connectivity index (χ0n) is 25.3. The van der Waals surface area contributed by atoms with Crippen molar-refractivity contribution in [2.24, 2.45) is 5.41 Å². The van der Waals surface area contributed by atoms with Gasteiger partial charge in [0.1, 0.15) is 12.9 Å². The van der Waals surface area contributed by atoms with Gasteiger partial charge in [-0.25, -0.2) is 28.5 Å². The van der Waals surface area contributed by atoms with Gasteiger partial charge in [0.25, 0.3) is 11.8 Å². The number of benzene rings is 2. The largest absolute Gasteiger partial charge is 0.447 e. The Morgan fingerprint density at radius 1 is 1.13 bits per heavy atom. The first-order valence-corrected chi connectivity index (χ1v) is 14.7. The molecule has 3 N–H and O–H groups in total. The van der Waals surface area contributed by atoms with E-state index in [0.29, 0.717) is 39.9 Å². The molecule has 0 saturated carbocycles. The van der Waals surface area contributed by atoms with Crippen molar-refractivity contribution in [2.75, 3.05) is 26.2 Å². The van der Waals surface area contributed by atoms with Crippen LogP contribution in [0.5, 0.6) is 0 Å². The van der Waals surface area contributed by atoms with Gasteiger partial charge in [-0.05, 0) is 41.3 Å². The lowest BCUT2D eigenvalue weighted by atomic mass is 9.97. The standard InChI is InChI=1S/C31H32ClF2N9O3/c1-30(2,3)15-38-28(35)43(27(44)20-7-5-19(6-8-20)25-36-11-4-12-37-25)24(14-46-29(45)42-16-31(33,34)17-42)21-9-10-23(32)22(13-21)26-39-18-40-41-26/h4-13,18,24H,14-17H2,1-3H3,(H2,35,38)(H,39,40,41)/t24-/m1/s1. The van der Waals surface area contributed by atoms with Crippen LogP contribution >= 0.6 is 11.6 Å². The van der Waals surface area contributed by atoms with Crippen molar-refractivity contribution in [3.05, 3.63) is 83.4 Å². The Hall–Kier alpha value is -4.98. The van der Waals surface area contributed by atoms with Gasteiger partial charge in [0.05, 0.1) is 24.2 Å². The van der Waals surface area contributed by atoms with Gasteiger partial charge in [-0.2, -0.15) is 5.10 Å². The third kappa shape index (κ3) is 7.62. The first-order chi connectivity index (χ1) is 21.8. The highest BCUT2D eigenvalue weighted by molar-refractivity contribution is 6.33. The molecule has 2 amide bonds. The zero-order valence-corrected chi connectivity index (χ0v) is 26.1. The maximum absolute atomic E-state index is 14.3. The van der Waals surface area contributed by atoms with Crippen LogP contribution in [0.3, 0.4) is 0 Å². The average molecular weight is 652 g/mol. The van der Waals surface area contributed by atoms with Crippen molar-refractivity contribution in [1.82, 2.24) is 40.3 Å². The lowest BCUT2D eigenvalue weighted by Gasteiger charge is -2.38. The fraction of sp³-hybridized carbons (Fsp3) is 0.323. The summed E-state index contributed by atoms with van der Waals surface area (Å²) in [5.41, 5.74) is 1.52. The van der Waals surface area contributed by atoms with E-state index in [1.165, 1.54) is 11.2 Å². The zero-order chi connectivity index (χ0) is 33.1. The van der Waals surface area contributed by atoms with E-state index in [1.54, 1.807) is 60.9 Å². The SMILES string of the molecule is CC(C)(C)CNC(=N)N(C(=O)c1ccc(-c2ncccn2)cc1)[C@H](COC(=O)N1CC(F)(F)C1)c1ccc(Cl)c(-c2ncn[nH]2)c1. The van der Waals surface area contributed by atoms with Crippen LogP contribution < -0.4 is 5.32 Å². The van der Waals surface area contributed by atoms with Gasteiger partial charge < -0.3 is 10.1 Å². The van der Waals surface area contributed by atoms with Gasteiger partial charge in [-0.15, -0.1) is 0 Å². The number of likely N-dealkylation sites (tertiary alicyclic amines) is 1. The second-order valence-electron chi connectivity index (χ2n) is 12.0. The Morgan fingerprint density at radius 2 is 1.83 bits per heavy atom. The number of alkyl halides is 2. The van der Waals surface area contributed by atoms with Crippen LogP contribution in [0.1, 0.15) is 42.7 Å². The summed E-state index contributed by atoms with van der Waals surface area (Å²) in [6, 6.07) is 12.0. The highest BCUT2D eigenvalue weighted by Crippen LogP contribution is 2.33. The quantitative estimate of drug-likeness (QED) is 0.169. The number of hydrogen-bond donors (Lipinski definition) is 3. The minimum atomic E-state index is -2.99. The minimum Gasteiger partial charge on any atom is -0.447 e. The number of guanidine groups is 1. The number of nitrogens with zero attached hydrogens (tertiary/aromatic N) is 6. The lowest BCUT2D eigenvalue weighted by Crippen LogP contribution is -2.58. The van der Waals surface area contributed by atoms with Crippen LogP contribution in [0.2, 0.25) is 5.02 Å². The molecule has 2 aromatic heterocycles. The fourth-order valence-corrected chi connectivity index (χ4v) is 4.86. The smallest absolute Gasteiger partial charge is 0.410 e. The molecular formula is C31H32ClF2N9O3. The molecule has 1 aliphatic rings. The average Bonchev–Trinajstić information content (AvgIpc) is 3.56. The molecule has 240 valence electrons. The van der Waals surface area contributed by atoms with E-state index in [2.05, 4.69) is 30.5 Å². The van der Waals surface area contributed by atoms with Crippen molar-refractivity contribution < 1.29 is 23.1 Å². The number of aromatic amines is 1. The molecule has 5 rings (SSSR count). The molecule has 0 radical (unpaired) electrons. The summed E-state index contributed by atoms with van der Waals surface area (Å²) < 4.78 is 32.5. The molecule has 0 unspecified atom stereocenters. The predicted molar refractivity (Wildman–Crippen MR) is 166 cm³/mol. The number of ether oxygens (including phenoxy) is 1. The number of aromatic nitrogens is 5. The van der Waals surface area contributed by atoms with Crippen LogP contribution in [0.25, 0.3) is 22.8 Å². The Balaban J connectivity index is 1.53. The van der Waals surface area contributed by atoms with E-state index >= 15 is 0 Å². The molecule has 1 fully saturated rings. The summed E-state index contributed by atoms with van der Waals surface area (Å²) in [6.45, 7) is 4.24. The first kappa shape index (κ1) is 32.4. The van der Waals surface area contributed by atoms with E-state index in [1.807, 2.05) is 20.8 Å². The summed E-state index contributed by atoms with van der Waals surface area (Å²) in [7, 11) is 0. The molecule has 12 nitrogen and oxygen atoms in total. The number of halogens is 3. The number of nitrogens with one attached hydrogen (secondary N) is 3. The molecule has 0 bridgehead atoms. The fourth-order valence-electron chi connectivity index (χ4n) is 4.65. The number of carbonyl (C=O) groups excluding carboxylic acids is 2. The van der Waals surface area contributed by atoms with Gasteiger partial charge >= 0.3 is 6.09 Å². The van der Waals surface area contributed by atoms with Crippen LogP contribution in [0.15, 0.2) is 67.3 Å². The monoisotopic (exact) mass is 651 g/mol. The molecule has 46 heavy (non-hydrogen) atoms. The summed E-state index contributed by atoms with van der Waals surface area (Å²) in [5, 5.41) is 19.0. The molecule has 0 aliphatic carbocycles. The highest BCUT2D eigenvalue weighted by atomic mass is 35.5. The molecule has 1 saturated heterocycles. The van der Waals surface area contributed by atoms with Crippen molar-refractivity contribution in [2.45, 2.75) is 32.7 Å². The van der Waals surface area contributed by atoms with Crippen molar-refractivity contribution in [1.29, 1.82) is 5.41 Å².